The van der Waals surface area contributed by atoms with E-state index in [1.165, 1.54) is 12.1 Å². The number of nitrogens with zero attached hydrogens (tertiary/aromatic N) is 1. The van der Waals surface area contributed by atoms with Gasteiger partial charge in [-0.1, -0.05) is 41.9 Å². The Labute approximate surface area is 171 Å². The maximum Gasteiger partial charge on any atom is 0.261 e. The van der Waals surface area contributed by atoms with E-state index >= 15 is 0 Å². The first-order valence-electron chi connectivity index (χ1n) is 8.78. The summed E-state index contributed by atoms with van der Waals surface area (Å²) in [6.07, 6.45) is 0. The molecular formula is C22H16ClN3O3. The van der Waals surface area contributed by atoms with Crippen molar-refractivity contribution in [3.05, 3.63) is 95.0 Å². The molecule has 4 rings (SSSR count). The molecule has 144 valence electrons. The molecule has 0 fully saturated rings. The molecule has 0 atom stereocenters. The van der Waals surface area contributed by atoms with Gasteiger partial charge >= 0.3 is 0 Å². The fourth-order valence-corrected chi connectivity index (χ4v) is 2.92. The zero-order chi connectivity index (χ0) is 20.2. The molecule has 0 aliphatic heterocycles. The van der Waals surface area contributed by atoms with Crippen LogP contribution in [0.2, 0.25) is 5.02 Å². The Hall–Kier alpha value is -3.77. The summed E-state index contributed by atoms with van der Waals surface area (Å²) in [7, 11) is 0. The van der Waals surface area contributed by atoms with Crippen molar-refractivity contribution in [2.75, 3.05) is 10.7 Å². The Kier molecular flexibility index (Phi) is 5.18. The van der Waals surface area contributed by atoms with E-state index in [4.69, 9.17) is 16.0 Å². The molecule has 0 saturated carbocycles. The number of hydrogen-bond donors (Lipinski definition) is 3. The predicted molar refractivity (Wildman–Crippen MR) is 113 cm³/mol. The molecule has 3 aromatic carbocycles. The summed E-state index contributed by atoms with van der Waals surface area (Å²) >= 11 is 6.15. The summed E-state index contributed by atoms with van der Waals surface area (Å²) in [5.74, 6) is -0.373. The van der Waals surface area contributed by atoms with Crippen LogP contribution in [-0.2, 0) is 0 Å². The third kappa shape index (κ3) is 4.23. The van der Waals surface area contributed by atoms with Gasteiger partial charge in [0.25, 0.3) is 5.91 Å². The van der Waals surface area contributed by atoms with Gasteiger partial charge in [-0.3, -0.25) is 10.2 Å². The minimum atomic E-state index is -0.426. The number of amides is 1. The summed E-state index contributed by atoms with van der Waals surface area (Å²) in [6.45, 7) is 0. The van der Waals surface area contributed by atoms with Gasteiger partial charge in [-0.15, -0.1) is 5.10 Å². The Balaban J connectivity index is 1.79. The molecule has 1 amide bonds. The number of para-hydroxylation sites is 2. The SMILES string of the molecule is O=C(Nc1ccccc1Cl)c1cc2ccc(O)cc2o/c1=N/Nc1ccccc1. The number of rotatable bonds is 4. The lowest BCUT2D eigenvalue weighted by atomic mass is 10.1. The van der Waals surface area contributed by atoms with Crippen molar-refractivity contribution in [2.24, 2.45) is 5.10 Å². The highest BCUT2D eigenvalue weighted by Crippen LogP contribution is 2.22. The average Bonchev–Trinajstić information content (AvgIpc) is 2.74. The quantitative estimate of drug-likeness (QED) is 0.418. The molecule has 3 N–H and O–H groups in total. The van der Waals surface area contributed by atoms with Crippen LogP contribution in [0.3, 0.4) is 0 Å². The van der Waals surface area contributed by atoms with Crippen LogP contribution >= 0.6 is 11.6 Å². The van der Waals surface area contributed by atoms with Crippen LogP contribution in [0.25, 0.3) is 11.0 Å². The molecule has 0 saturated heterocycles. The van der Waals surface area contributed by atoms with Crippen molar-refractivity contribution in [1.82, 2.24) is 0 Å². The number of phenolic OH excluding ortho intramolecular Hbond substituents is 1. The maximum absolute atomic E-state index is 12.9. The Morgan fingerprint density at radius 3 is 2.52 bits per heavy atom. The number of benzene rings is 3. The summed E-state index contributed by atoms with van der Waals surface area (Å²) in [4.78, 5) is 12.9. The largest absolute Gasteiger partial charge is 0.508 e. The molecule has 0 spiro atoms. The molecule has 0 unspecified atom stereocenters. The molecule has 0 aliphatic rings. The molecule has 0 bridgehead atoms. The van der Waals surface area contributed by atoms with Crippen LogP contribution in [0.4, 0.5) is 11.4 Å². The lowest BCUT2D eigenvalue weighted by Crippen LogP contribution is -2.22. The van der Waals surface area contributed by atoms with Gasteiger partial charge in [-0.05, 0) is 42.5 Å². The van der Waals surface area contributed by atoms with Gasteiger partial charge in [-0.25, -0.2) is 0 Å². The highest BCUT2D eigenvalue weighted by molar-refractivity contribution is 6.33. The smallest absolute Gasteiger partial charge is 0.261 e. The summed E-state index contributed by atoms with van der Waals surface area (Å²) in [6, 6.07) is 22.5. The first kappa shape index (κ1) is 18.6. The van der Waals surface area contributed by atoms with Crippen molar-refractivity contribution in [1.29, 1.82) is 0 Å². The second kappa shape index (κ2) is 8.08. The predicted octanol–water partition coefficient (Wildman–Crippen LogP) is 4.97. The van der Waals surface area contributed by atoms with E-state index < -0.39 is 5.91 Å². The average molecular weight is 406 g/mol. The van der Waals surface area contributed by atoms with Gasteiger partial charge in [0.1, 0.15) is 16.9 Å². The third-order valence-electron chi connectivity index (χ3n) is 4.16. The summed E-state index contributed by atoms with van der Waals surface area (Å²) in [5, 5.41) is 17.8. The summed E-state index contributed by atoms with van der Waals surface area (Å²) < 4.78 is 5.80. The number of anilines is 2. The Morgan fingerprint density at radius 2 is 1.72 bits per heavy atom. The minimum absolute atomic E-state index is 0.0523. The number of fused-ring (bicyclic) bond motifs is 1. The molecular weight excluding hydrogens is 390 g/mol. The topological polar surface area (TPSA) is 86.9 Å². The number of nitrogens with one attached hydrogen (secondary N) is 2. The van der Waals surface area contributed by atoms with Crippen molar-refractivity contribution < 1.29 is 14.3 Å². The molecule has 1 aromatic heterocycles. The zero-order valence-electron chi connectivity index (χ0n) is 15.1. The van der Waals surface area contributed by atoms with Crippen LogP contribution in [0, 0.1) is 0 Å². The molecule has 7 heteroatoms. The molecule has 4 aromatic rings. The van der Waals surface area contributed by atoms with Crippen LogP contribution < -0.4 is 16.3 Å². The Bertz CT molecular complexity index is 1250. The van der Waals surface area contributed by atoms with Crippen molar-refractivity contribution in [3.8, 4) is 5.75 Å². The van der Waals surface area contributed by atoms with Gasteiger partial charge in [-0.2, -0.15) is 0 Å². The van der Waals surface area contributed by atoms with E-state index in [2.05, 4.69) is 15.8 Å². The van der Waals surface area contributed by atoms with Gasteiger partial charge in [0, 0.05) is 11.5 Å². The van der Waals surface area contributed by atoms with Crippen LogP contribution in [0.15, 0.2) is 88.4 Å². The highest BCUT2D eigenvalue weighted by atomic mass is 35.5. The van der Waals surface area contributed by atoms with Crippen molar-refractivity contribution in [2.45, 2.75) is 0 Å². The standard InChI is InChI=1S/C22H16ClN3O3/c23-18-8-4-5-9-19(18)24-21(28)17-12-14-10-11-16(27)13-20(14)29-22(17)26-25-15-6-2-1-3-7-15/h1-13,25,27H,(H,24,28)/b26-22+. The minimum Gasteiger partial charge on any atom is -0.508 e. The third-order valence-corrected chi connectivity index (χ3v) is 4.49. The molecule has 0 aliphatic carbocycles. The fraction of sp³-hybridized carbons (Fsp3) is 0. The molecule has 0 radical (unpaired) electrons. The molecule has 6 nitrogen and oxygen atoms in total. The number of hydrogen-bond acceptors (Lipinski definition) is 5. The van der Waals surface area contributed by atoms with E-state index in [9.17, 15) is 9.90 Å². The number of carbonyl (C=O) groups excluding carboxylic acids is 1. The van der Waals surface area contributed by atoms with E-state index in [1.54, 1.807) is 36.4 Å². The van der Waals surface area contributed by atoms with Crippen molar-refractivity contribution >= 4 is 39.9 Å². The zero-order valence-corrected chi connectivity index (χ0v) is 15.9. The summed E-state index contributed by atoms with van der Waals surface area (Å²) in [5.41, 5.74) is 4.76. The van der Waals surface area contributed by atoms with Gasteiger partial charge in [0.15, 0.2) is 0 Å². The first-order chi connectivity index (χ1) is 14.1. The Morgan fingerprint density at radius 1 is 0.966 bits per heavy atom. The normalized spacial score (nSPS) is 11.4. The van der Waals surface area contributed by atoms with Gasteiger partial charge < -0.3 is 14.8 Å². The van der Waals surface area contributed by atoms with E-state index in [0.717, 1.165) is 5.69 Å². The van der Waals surface area contributed by atoms with Crippen LogP contribution in [-0.4, -0.2) is 11.0 Å². The second-order valence-corrected chi connectivity index (χ2v) is 6.62. The monoisotopic (exact) mass is 405 g/mol. The number of aromatic hydroxyl groups is 1. The highest BCUT2D eigenvalue weighted by Gasteiger charge is 2.14. The van der Waals surface area contributed by atoms with E-state index in [0.29, 0.717) is 21.7 Å². The van der Waals surface area contributed by atoms with Crippen molar-refractivity contribution in [3.63, 3.8) is 0 Å². The fourth-order valence-electron chi connectivity index (χ4n) is 2.73. The molecule has 29 heavy (non-hydrogen) atoms. The first-order valence-corrected chi connectivity index (χ1v) is 9.15. The van der Waals surface area contributed by atoms with Crippen LogP contribution in [0.1, 0.15) is 10.4 Å². The molecule has 1 heterocycles. The van der Waals surface area contributed by atoms with Crippen LogP contribution in [0.5, 0.6) is 5.75 Å². The lowest BCUT2D eigenvalue weighted by Gasteiger charge is -2.08. The second-order valence-electron chi connectivity index (χ2n) is 6.21. The van der Waals surface area contributed by atoms with E-state index in [1.807, 2.05) is 30.3 Å². The maximum atomic E-state index is 12.9. The number of carbonyl (C=O) groups is 1. The number of halogens is 1. The lowest BCUT2D eigenvalue weighted by molar-refractivity contribution is 0.102. The van der Waals surface area contributed by atoms with Gasteiger partial charge in [0.05, 0.1) is 16.4 Å². The number of phenols is 1. The van der Waals surface area contributed by atoms with E-state index in [-0.39, 0.29) is 16.9 Å². The van der Waals surface area contributed by atoms with Gasteiger partial charge in [0.2, 0.25) is 5.55 Å².